The molecular weight excluding hydrogens is 424 g/mol. The molecule has 6 nitrogen and oxygen atoms in total. The van der Waals surface area contributed by atoms with E-state index in [1.165, 1.54) is 36.8 Å². The lowest BCUT2D eigenvalue weighted by Gasteiger charge is -2.33. The number of fused-ring (bicyclic) bond motifs is 6. The second-order valence-corrected chi connectivity index (χ2v) is 10.0. The predicted octanol–water partition coefficient (Wildman–Crippen LogP) is 6.40. The van der Waals surface area contributed by atoms with Gasteiger partial charge in [-0.3, -0.25) is 0 Å². The Morgan fingerprint density at radius 3 is 1.53 bits per heavy atom. The van der Waals surface area contributed by atoms with Crippen molar-refractivity contribution < 1.29 is 9.47 Å². The fourth-order valence-corrected chi connectivity index (χ4v) is 5.45. The molecule has 0 bridgehead atoms. The molecule has 34 heavy (non-hydrogen) atoms. The molecule has 0 N–H and O–H groups in total. The van der Waals surface area contributed by atoms with Gasteiger partial charge >= 0.3 is 0 Å². The summed E-state index contributed by atoms with van der Waals surface area (Å²) < 4.78 is 11.9. The zero-order valence-electron chi connectivity index (χ0n) is 19.9. The molecule has 2 aromatic heterocycles. The van der Waals surface area contributed by atoms with Crippen LogP contribution in [0.3, 0.4) is 0 Å². The second-order valence-electron chi connectivity index (χ2n) is 10.0. The average molecular weight is 469 g/mol. The minimum Gasteiger partial charge on any atom is -0.487 e. The first kappa shape index (κ1) is 26.1. The number of anilines is 2. The summed E-state index contributed by atoms with van der Waals surface area (Å²) in [4.78, 5) is 13.9. The zero-order valence-corrected chi connectivity index (χ0v) is 19.9. The number of pyridine rings is 2. The van der Waals surface area contributed by atoms with Gasteiger partial charge in [0.15, 0.2) is 23.1 Å². The molecule has 2 atom stereocenters. The summed E-state index contributed by atoms with van der Waals surface area (Å²) in [5.74, 6) is 5.18. The lowest BCUT2D eigenvalue weighted by atomic mass is 10.0. The maximum atomic E-state index is 5.93. The van der Waals surface area contributed by atoms with Gasteiger partial charge in [0.1, 0.15) is 13.2 Å². The van der Waals surface area contributed by atoms with Crippen molar-refractivity contribution in [3.8, 4) is 11.5 Å². The molecule has 0 spiro atoms. The number of hydrogen-bond acceptors (Lipinski definition) is 6. The first-order valence-corrected chi connectivity index (χ1v) is 12.3. The van der Waals surface area contributed by atoms with Crippen LogP contribution in [0.2, 0.25) is 0 Å². The minimum atomic E-state index is 0. The fraction of sp³-hybridized carbons (Fsp3) is 0.643. The highest BCUT2D eigenvalue weighted by Crippen LogP contribution is 2.42. The maximum absolute atomic E-state index is 5.93. The normalized spacial score (nSPS) is 21.6. The van der Waals surface area contributed by atoms with Gasteiger partial charge in [-0.25, -0.2) is 9.97 Å². The molecule has 0 aromatic carbocycles. The zero-order chi connectivity index (χ0) is 22.2. The molecule has 0 aliphatic carbocycles. The Hall–Kier alpha value is -2.50. The molecule has 2 aromatic rings. The van der Waals surface area contributed by atoms with E-state index in [0.717, 1.165) is 49.4 Å². The van der Waals surface area contributed by atoms with Crippen LogP contribution in [0.25, 0.3) is 0 Å². The summed E-state index contributed by atoms with van der Waals surface area (Å²) in [6.45, 7) is 12.7. The summed E-state index contributed by atoms with van der Waals surface area (Å²) in [7, 11) is 0. The number of aromatic nitrogens is 2. The Kier molecular flexibility index (Phi) is 8.32. The van der Waals surface area contributed by atoms with Gasteiger partial charge < -0.3 is 19.3 Å². The lowest BCUT2D eigenvalue weighted by Crippen LogP contribution is -2.39. The maximum Gasteiger partial charge on any atom is 0.172 e. The van der Waals surface area contributed by atoms with Crippen molar-refractivity contribution in [1.82, 2.24) is 9.97 Å². The standard InChI is InChI=1S/2C13H18N2O.2CH4/c2*1-9(2)11-5-6-14-13-12(11)16-8-10-4-3-7-15(10)13;;/h2*5-6,9-10H,3-4,7-8H2,1-2H3;2*1H4. The Labute approximate surface area is 206 Å². The quantitative estimate of drug-likeness (QED) is 0.508. The summed E-state index contributed by atoms with van der Waals surface area (Å²) in [6, 6.07) is 5.28. The Morgan fingerprint density at radius 1 is 0.735 bits per heavy atom. The second kappa shape index (κ2) is 10.8. The molecule has 6 rings (SSSR count). The third kappa shape index (κ3) is 4.69. The van der Waals surface area contributed by atoms with Gasteiger partial charge in [-0.2, -0.15) is 0 Å². The average Bonchev–Trinajstić information content (AvgIpc) is 3.48. The Morgan fingerprint density at radius 2 is 1.15 bits per heavy atom. The fourth-order valence-electron chi connectivity index (χ4n) is 5.45. The van der Waals surface area contributed by atoms with E-state index < -0.39 is 0 Å². The van der Waals surface area contributed by atoms with Crippen molar-refractivity contribution in [3.63, 3.8) is 0 Å². The van der Waals surface area contributed by atoms with Crippen LogP contribution in [0.15, 0.2) is 24.5 Å². The van der Waals surface area contributed by atoms with Gasteiger partial charge in [-0.1, -0.05) is 42.5 Å². The summed E-state index contributed by atoms with van der Waals surface area (Å²) in [5.41, 5.74) is 2.57. The summed E-state index contributed by atoms with van der Waals surface area (Å²) in [6.07, 6.45) is 8.85. The van der Waals surface area contributed by atoms with Crippen molar-refractivity contribution in [1.29, 1.82) is 0 Å². The lowest BCUT2D eigenvalue weighted by molar-refractivity contribution is 0.266. The predicted molar refractivity (Wildman–Crippen MR) is 142 cm³/mol. The Bertz CT molecular complexity index is 884. The van der Waals surface area contributed by atoms with Crippen LogP contribution >= 0.6 is 0 Å². The van der Waals surface area contributed by atoms with Crippen LogP contribution in [-0.2, 0) is 0 Å². The number of nitrogens with zero attached hydrogens (tertiary/aromatic N) is 4. The van der Waals surface area contributed by atoms with Crippen LogP contribution in [0.5, 0.6) is 11.5 Å². The molecule has 2 unspecified atom stereocenters. The molecular formula is C28H44N4O2. The molecule has 2 fully saturated rings. The summed E-state index contributed by atoms with van der Waals surface area (Å²) >= 11 is 0. The topological polar surface area (TPSA) is 50.7 Å². The van der Waals surface area contributed by atoms with E-state index in [0.29, 0.717) is 23.9 Å². The number of rotatable bonds is 2. The van der Waals surface area contributed by atoms with Crippen molar-refractivity contribution in [2.24, 2.45) is 0 Å². The van der Waals surface area contributed by atoms with Gasteiger partial charge in [0.25, 0.3) is 0 Å². The molecule has 4 aliphatic rings. The first-order chi connectivity index (χ1) is 15.5. The third-order valence-electron chi connectivity index (χ3n) is 7.21. The van der Waals surface area contributed by atoms with Crippen LogP contribution in [0.4, 0.5) is 11.6 Å². The van der Waals surface area contributed by atoms with E-state index in [9.17, 15) is 0 Å². The molecule has 6 heterocycles. The highest BCUT2D eigenvalue weighted by molar-refractivity contribution is 5.61. The molecule has 6 heteroatoms. The van der Waals surface area contributed by atoms with Crippen LogP contribution < -0.4 is 19.3 Å². The Balaban J connectivity index is 0.000000180. The van der Waals surface area contributed by atoms with Gasteiger partial charge in [-0.05, 0) is 49.7 Å². The largest absolute Gasteiger partial charge is 0.487 e. The molecule has 188 valence electrons. The monoisotopic (exact) mass is 468 g/mol. The molecule has 0 radical (unpaired) electrons. The van der Waals surface area contributed by atoms with E-state index in [1.54, 1.807) is 0 Å². The minimum absolute atomic E-state index is 0. The smallest absolute Gasteiger partial charge is 0.172 e. The SMILES string of the molecule is C.C.CC(C)c1ccnc2c1OCC1CCCN21.CC(C)c1ccnc2c1OCC1CCCN21. The van der Waals surface area contributed by atoms with Gasteiger partial charge in [0.2, 0.25) is 0 Å². The van der Waals surface area contributed by atoms with E-state index in [-0.39, 0.29) is 14.9 Å². The number of ether oxygens (including phenoxy) is 2. The van der Waals surface area contributed by atoms with Crippen molar-refractivity contribution in [2.45, 2.75) is 92.2 Å². The van der Waals surface area contributed by atoms with Crippen molar-refractivity contribution >= 4 is 11.6 Å². The van der Waals surface area contributed by atoms with Crippen molar-refractivity contribution in [2.75, 3.05) is 36.1 Å². The molecule has 0 saturated carbocycles. The van der Waals surface area contributed by atoms with Gasteiger partial charge in [0, 0.05) is 36.6 Å². The third-order valence-corrected chi connectivity index (χ3v) is 7.21. The first-order valence-electron chi connectivity index (χ1n) is 12.3. The van der Waals surface area contributed by atoms with Gasteiger partial charge in [-0.15, -0.1) is 0 Å². The van der Waals surface area contributed by atoms with E-state index in [4.69, 9.17) is 9.47 Å². The van der Waals surface area contributed by atoms with E-state index >= 15 is 0 Å². The highest BCUT2D eigenvalue weighted by Gasteiger charge is 2.35. The van der Waals surface area contributed by atoms with Crippen molar-refractivity contribution in [3.05, 3.63) is 35.7 Å². The van der Waals surface area contributed by atoms with E-state index in [1.807, 2.05) is 12.4 Å². The molecule has 0 amide bonds. The van der Waals surface area contributed by atoms with Crippen LogP contribution in [0, 0.1) is 0 Å². The highest BCUT2D eigenvalue weighted by atomic mass is 16.5. The van der Waals surface area contributed by atoms with Crippen LogP contribution in [-0.4, -0.2) is 48.4 Å². The van der Waals surface area contributed by atoms with Gasteiger partial charge in [0.05, 0.1) is 12.1 Å². The molecule has 4 aliphatic heterocycles. The summed E-state index contributed by atoms with van der Waals surface area (Å²) in [5, 5.41) is 0. The van der Waals surface area contributed by atoms with E-state index in [2.05, 4.69) is 59.6 Å². The van der Waals surface area contributed by atoms with Crippen LogP contribution in [0.1, 0.15) is 91.2 Å². The molecule has 2 saturated heterocycles. The number of hydrogen-bond donors (Lipinski definition) is 0.